The van der Waals surface area contributed by atoms with Crippen molar-refractivity contribution in [2.75, 3.05) is 6.54 Å². The van der Waals surface area contributed by atoms with Crippen LogP contribution in [0.15, 0.2) is 11.1 Å². The van der Waals surface area contributed by atoms with Crippen LogP contribution in [0.2, 0.25) is 0 Å². The van der Waals surface area contributed by atoms with E-state index in [1.54, 1.807) is 20.8 Å². The van der Waals surface area contributed by atoms with Gasteiger partial charge >= 0.3 is 12.1 Å². The number of amides is 2. The number of nitrogens with one attached hydrogen (secondary N) is 1. The Labute approximate surface area is 160 Å². The lowest BCUT2D eigenvalue weighted by Gasteiger charge is -2.35. The maximum Gasteiger partial charge on any atom is 0.408 e. The fourth-order valence-corrected chi connectivity index (χ4v) is 4.62. The summed E-state index contributed by atoms with van der Waals surface area (Å²) in [5.74, 6) is -1.40. The summed E-state index contributed by atoms with van der Waals surface area (Å²) in [4.78, 5) is 38.9. The number of carbonyl (C=O) groups excluding carboxylic acids is 2. The number of carboxylic acid groups (broad SMARTS) is 1. The zero-order valence-corrected chi connectivity index (χ0v) is 17.4. The molecule has 2 amide bonds. The molecule has 3 atom stereocenters. The predicted molar refractivity (Wildman–Crippen MR) is 99.0 cm³/mol. The number of hydrogen-bond acceptors (Lipinski definition) is 4. The molecule has 2 fully saturated rings. The van der Waals surface area contributed by atoms with Crippen molar-refractivity contribution in [3.63, 3.8) is 0 Å². The summed E-state index contributed by atoms with van der Waals surface area (Å²) in [6.45, 7) is 15.3. The van der Waals surface area contributed by atoms with Crippen molar-refractivity contribution in [2.24, 2.45) is 16.2 Å². The number of ether oxygens (including phenoxy) is 1. The Morgan fingerprint density at radius 3 is 2.15 bits per heavy atom. The van der Waals surface area contributed by atoms with Crippen molar-refractivity contribution >= 4 is 18.0 Å². The maximum absolute atomic E-state index is 13.3. The van der Waals surface area contributed by atoms with E-state index in [1.165, 1.54) is 10.5 Å². The number of carbonyl (C=O) groups is 3. The van der Waals surface area contributed by atoms with E-state index in [4.69, 9.17) is 4.74 Å². The molecular weight excluding hydrogens is 348 g/mol. The van der Waals surface area contributed by atoms with E-state index >= 15 is 0 Å². The van der Waals surface area contributed by atoms with Crippen LogP contribution < -0.4 is 5.32 Å². The average molecular weight is 378 g/mol. The highest BCUT2D eigenvalue weighted by molar-refractivity contribution is 5.97. The molecule has 7 nitrogen and oxygen atoms in total. The summed E-state index contributed by atoms with van der Waals surface area (Å²) >= 11 is 0. The highest BCUT2D eigenvalue weighted by Crippen LogP contribution is 2.89. The minimum atomic E-state index is -1.02. The fraction of sp³-hybridized carbons (Fsp3) is 0.750. The van der Waals surface area contributed by atoms with Gasteiger partial charge in [-0.05, 0) is 37.3 Å². The van der Waals surface area contributed by atoms with Gasteiger partial charge in [0.25, 0.3) is 0 Å². The molecule has 1 saturated heterocycles. The van der Waals surface area contributed by atoms with Gasteiger partial charge in [0, 0.05) is 17.4 Å². The van der Waals surface area contributed by atoms with E-state index < -0.39 is 35.2 Å². The van der Waals surface area contributed by atoms with Crippen molar-refractivity contribution in [3.05, 3.63) is 11.1 Å². The largest absolute Gasteiger partial charge is 0.479 e. The van der Waals surface area contributed by atoms with Crippen molar-refractivity contribution in [1.29, 1.82) is 0 Å². The van der Waals surface area contributed by atoms with Gasteiger partial charge in [-0.1, -0.05) is 34.6 Å². The molecule has 1 saturated carbocycles. The Kier molecular flexibility index (Phi) is 3.84. The SMILES string of the molecule is CC(C)(C)OC(=O)N[C@H](C(=O)N1C[C@]23C(=C2C3(C)C)[C@H]1C(=O)O)C(C)(C)C. The van der Waals surface area contributed by atoms with Gasteiger partial charge in [0.1, 0.15) is 11.6 Å². The number of likely N-dealkylation sites (tertiary alicyclic amines) is 1. The third-order valence-corrected chi connectivity index (χ3v) is 6.01. The fourth-order valence-electron chi connectivity index (χ4n) is 4.62. The Bertz CT molecular complexity index is 768. The monoisotopic (exact) mass is 378 g/mol. The van der Waals surface area contributed by atoms with Gasteiger partial charge in [0.05, 0.1) is 0 Å². The second-order valence-corrected chi connectivity index (χ2v) is 10.5. The van der Waals surface area contributed by atoms with Gasteiger partial charge in [-0.25, -0.2) is 9.59 Å². The second-order valence-electron chi connectivity index (χ2n) is 10.5. The van der Waals surface area contributed by atoms with Crippen LogP contribution in [0.1, 0.15) is 55.4 Å². The summed E-state index contributed by atoms with van der Waals surface area (Å²) in [7, 11) is 0. The molecule has 7 heteroatoms. The maximum atomic E-state index is 13.3. The summed E-state index contributed by atoms with van der Waals surface area (Å²) < 4.78 is 5.30. The zero-order chi connectivity index (χ0) is 20.7. The van der Waals surface area contributed by atoms with Gasteiger partial charge in [0.2, 0.25) is 5.91 Å². The van der Waals surface area contributed by atoms with Crippen LogP contribution in [0.25, 0.3) is 0 Å². The first-order valence-electron chi connectivity index (χ1n) is 9.34. The highest BCUT2D eigenvalue weighted by Gasteiger charge is 2.87. The van der Waals surface area contributed by atoms with Gasteiger partial charge < -0.3 is 20.1 Å². The van der Waals surface area contributed by atoms with Gasteiger partial charge in [-0.3, -0.25) is 4.79 Å². The molecule has 0 unspecified atom stereocenters. The molecule has 0 aromatic heterocycles. The molecule has 0 bridgehead atoms. The third-order valence-electron chi connectivity index (χ3n) is 6.01. The smallest absolute Gasteiger partial charge is 0.408 e. The first-order chi connectivity index (χ1) is 12.1. The van der Waals surface area contributed by atoms with Crippen LogP contribution in [0.3, 0.4) is 0 Å². The Balaban J connectivity index is 1.82. The Hall–Kier alpha value is -2.05. The second kappa shape index (κ2) is 5.26. The van der Waals surface area contributed by atoms with Gasteiger partial charge in [0.15, 0.2) is 6.04 Å². The zero-order valence-electron chi connectivity index (χ0n) is 17.4. The topological polar surface area (TPSA) is 95.9 Å². The molecule has 1 spiro atoms. The first kappa shape index (κ1) is 19.7. The first-order valence-corrected chi connectivity index (χ1v) is 9.34. The summed E-state index contributed by atoms with van der Waals surface area (Å²) in [6.07, 6.45) is -0.683. The molecular formula is C20H30N2O5. The van der Waals surface area contributed by atoms with Crippen LogP contribution in [-0.2, 0) is 14.3 Å². The number of hydrogen-bond donors (Lipinski definition) is 2. The minimum absolute atomic E-state index is 0.0269. The standard InChI is InChI=1S/C20H30N2O5/c1-17(2,3)13(21-16(26)27-18(4,5)6)14(23)22-9-20-10(11(22)15(24)25)12(20)19(20,7)8/h11,13H,9H2,1-8H3,(H,21,26)(H,24,25)/t11-,13+,20-/m0/s1. The van der Waals surface area contributed by atoms with Crippen molar-refractivity contribution in [3.8, 4) is 0 Å². The Morgan fingerprint density at radius 2 is 1.74 bits per heavy atom. The number of aliphatic carboxylic acids is 1. The van der Waals surface area contributed by atoms with Crippen LogP contribution in [0.5, 0.6) is 0 Å². The number of nitrogens with zero attached hydrogens (tertiary/aromatic N) is 1. The normalized spacial score (nSPS) is 28.9. The lowest BCUT2D eigenvalue weighted by molar-refractivity contribution is -0.149. The van der Waals surface area contributed by atoms with Crippen molar-refractivity contribution in [2.45, 2.75) is 73.1 Å². The molecule has 0 aromatic carbocycles. The molecule has 1 heterocycles. The van der Waals surface area contributed by atoms with E-state index in [1.807, 2.05) is 20.8 Å². The van der Waals surface area contributed by atoms with E-state index in [0.29, 0.717) is 6.54 Å². The van der Waals surface area contributed by atoms with Crippen LogP contribution in [-0.4, -0.2) is 52.2 Å². The van der Waals surface area contributed by atoms with E-state index in [0.717, 1.165) is 5.57 Å². The Morgan fingerprint density at radius 1 is 1.19 bits per heavy atom. The molecule has 2 N–H and O–H groups in total. The summed E-state index contributed by atoms with van der Waals surface area (Å²) in [5.41, 5.74) is 0.543. The van der Waals surface area contributed by atoms with Crippen LogP contribution in [0.4, 0.5) is 4.79 Å². The third kappa shape index (κ3) is 2.74. The van der Waals surface area contributed by atoms with E-state index in [9.17, 15) is 19.5 Å². The number of carboxylic acids is 1. The van der Waals surface area contributed by atoms with Gasteiger partial charge in [-0.15, -0.1) is 0 Å². The lowest BCUT2D eigenvalue weighted by atomic mass is 9.85. The van der Waals surface area contributed by atoms with Gasteiger partial charge in [-0.2, -0.15) is 0 Å². The van der Waals surface area contributed by atoms with Crippen molar-refractivity contribution in [1.82, 2.24) is 10.2 Å². The number of rotatable bonds is 3. The minimum Gasteiger partial charge on any atom is -0.479 e. The lowest BCUT2D eigenvalue weighted by Crippen LogP contribution is -2.57. The quantitative estimate of drug-likeness (QED) is 0.736. The van der Waals surface area contributed by atoms with E-state index in [2.05, 4.69) is 19.2 Å². The van der Waals surface area contributed by atoms with Crippen LogP contribution >= 0.6 is 0 Å². The average Bonchev–Trinajstić information content (AvgIpc) is 3.20. The molecule has 3 aliphatic rings. The molecule has 0 aromatic rings. The van der Waals surface area contributed by atoms with E-state index in [-0.39, 0.29) is 16.7 Å². The summed E-state index contributed by atoms with van der Waals surface area (Å²) in [5, 5.41) is 12.4. The van der Waals surface area contributed by atoms with Crippen molar-refractivity contribution < 1.29 is 24.2 Å². The molecule has 3 rings (SSSR count). The molecule has 27 heavy (non-hydrogen) atoms. The highest BCUT2D eigenvalue weighted by atomic mass is 16.6. The van der Waals surface area contributed by atoms with Crippen LogP contribution in [0, 0.1) is 16.2 Å². The predicted octanol–water partition coefficient (Wildman–Crippen LogP) is 2.56. The molecule has 1 aliphatic heterocycles. The summed E-state index contributed by atoms with van der Waals surface area (Å²) in [6, 6.07) is -1.81. The number of alkyl carbamates (subject to hydrolysis) is 1. The molecule has 150 valence electrons. The molecule has 2 aliphatic carbocycles. The molecule has 0 radical (unpaired) electrons.